The Morgan fingerprint density at radius 1 is 0.857 bits per heavy atom. The number of methoxy groups -OCH3 is 1. The Kier molecular flexibility index (Phi) is 6.89. The molecule has 28 heavy (non-hydrogen) atoms. The molecule has 3 rings (SSSR count). The first-order chi connectivity index (χ1) is 13.7. The number of hydrogen-bond donors (Lipinski definition) is 2. The van der Waals surface area contributed by atoms with Gasteiger partial charge in [-0.2, -0.15) is 0 Å². The van der Waals surface area contributed by atoms with Crippen LogP contribution in [-0.2, 0) is 0 Å². The van der Waals surface area contributed by atoms with Crippen LogP contribution < -0.4 is 15.4 Å². The minimum absolute atomic E-state index is 0.0758. The van der Waals surface area contributed by atoms with Crippen molar-refractivity contribution in [3.8, 4) is 5.75 Å². The first kappa shape index (κ1) is 19.7. The molecule has 2 N–H and O–H groups in total. The molecule has 0 unspecified atom stereocenters. The molecule has 0 bridgehead atoms. The van der Waals surface area contributed by atoms with E-state index in [1.165, 1.54) is 19.3 Å². The van der Waals surface area contributed by atoms with Gasteiger partial charge in [0.1, 0.15) is 5.75 Å². The van der Waals surface area contributed by atoms with Crippen molar-refractivity contribution in [1.82, 2.24) is 4.90 Å². The number of anilines is 2. The second-order valence-electron chi connectivity index (χ2n) is 6.92. The number of amides is 3. The lowest BCUT2D eigenvalue weighted by Gasteiger charge is -2.25. The number of likely N-dealkylation sites (tertiary alicyclic amines) is 1. The predicted molar refractivity (Wildman–Crippen MR) is 111 cm³/mol. The third-order valence-electron chi connectivity index (χ3n) is 4.90. The van der Waals surface area contributed by atoms with Gasteiger partial charge < -0.3 is 20.3 Å². The Balaban J connectivity index is 1.59. The molecule has 0 spiro atoms. The highest BCUT2D eigenvalue weighted by molar-refractivity contribution is 6.05. The Morgan fingerprint density at radius 2 is 1.50 bits per heavy atom. The van der Waals surface area contributed by atoms with Gasteiger partial charge in [0, 0.05) is 24.3 Å². The van der Waals surface area contributed by atoms with Crippen molar-refractivity contribution in [2.75, 3.05) is 30.8 Å². The molecule has 0 aromatic heterocycles. The first-order valence-corrected chi connectivity index (χ1v) is 9.78. The predicted octanol–water partition coefficient (Wildman–Crippen LogP) is 4.75. The van der Waals surface area contributed by atoms with Crippen molar-refractivity contribution in [2.24, 2.45) is 0 Å². The summed E-state index contributed by atoms with van der Waals surface area (Å²) in [5, 5.41) is 5.77. The highest BCUT2D eigenvalue weighted by atomic mass is 16.5. The third-order valence-corrected chi connectivity index (χ3v) is 4.90. The summed E-state index contributed by atoms with van der Waals surface area (Å²) >= 11 is 0. The molecule has 3 amide bonds. The smallest absolute Gasteiger partial charge is 0.321 e. The van der Waals surface area contributed by atoms with E-state index in [-0.39, 0.29) is 11.9 Å². The zero-order valence-corrected chi connectivity index (χ0v) is 16.2. The number of hydrogen-bond acceptors (Lipinski definition) is 3. The summed E-state index contributed by atoms with van der Waals surface area (Å²) in [7, 11) is 1.56. The number of nitrogens with zero attached hydrogens (tertiary/aromatic N) is 1. The number of carbonyl (C=O) groups excluding carboxylic acids is 2. The summed E-state index contributed by atoms with van der Waals surface area (Å²) in [5.74, 6) is 0.374. The highest BCUT2D eigenvalue weighted by Crippen LogP contribution is 2.24. The molecule has 6 heteroatoms. The molecular formula is C22H27N3O3. The van der Waals surface area contributed by atoms with E-state index in [1.807, 2.05) is 17.0 Å². The van der Waals surface area contributed by atoms with Crippen molar-refractivity contribution < 1.29 is 14.3 Å². The van der Waals surface area contributed by atoms with Crippen molar-refractivity contribution in [3.05, 3.63) is 54.1 Å². The van der Waals surface area contributed by atoms with E-state index in [1.54, 1.807) is 43.5 Å². The maximum absolute atomic E-state index is 12.5. The standard InChI is InChI=1S/C22H27N3O3/c1-28-20-10-6-5-9-19(20)24-21(26)17-11-13-18(14-12-17)23-22(27)25-15-7-3-2-4-8-16-25/h5-6,9-14H,2-4,7-8,15-16H2,1H3,(H,23,27)(H,24,26). The topological polar surface area (TPSA) is 70.7 Å². The van der Waals surface area contributed by atoms with Crippen molar-refractivity contribution >= 4 is 23.3 Å². The van der Waals surface area contributed by atoms with Gasteiger partial charge in [0.15, 0.2) is 0 Å². The van der Waals surface area contributed by atoms with E-state index in [4.69, 9.17) is 4.74 Å². The fraction of sp³-hybridized carbons (Fsp3) is 0.364. The van der Waals surface area contributed by atoms with Crippen LogP contribution in [0.2, 0.25) is 0 Å². The molecular weight excluding hydrogens is 354 g/mol. The number of rotatable bonds is 4. The van der Waals surface area contributed by atoms with Gasteiger partial charge in [-0.15, -0.1) is 0 Å². The van der Waals surface area contributed by atoms with Gasteiger partial charge in [0.05, 0.1) is 12.8 Å². The van der Waals surface area contributed by atoms with E-state index in [9.17, 15) is 9.59 Å². The van der Waals surface area contributed by atoms with Gasteiger partial charge in [0.2, 0.25) is 0 Å². The van der Waals surface area contributed by atoms with Crippen LogP contribution in [0.15, 0.2) is 48.5 Å². The summed E-state index contributed by atoms with van der Waals surface area (Å²) in [6.45, 7) is 1.59. The van der Waals surface area contributed by atoms with Crippen LogP contribution in [0.3, 0.4) is 0 Å². The Labute approximate surface area is 165 Å². The number of urea groups is 1. The molecule has 2 aromatic carbocycles. The number of ether oxygens (including phenoxy) is 1. The van der Waals surface area contributed by atoms with Crippen molar-refractivity contribution in [2.45, 2.75) is 32.1 Å². The number of para-hydroxylation sites is 2. The molecule has 6 nitrogen and oxygen atoms in total. The van der Waals surface area contributed by atoms with E-state index in [0.29, 0.717) is 22.7 Å². The fourth-order valence-electron chi connectivity index (χ4n) is 3.30. The fourth-order valence-corrected chi connectivity index (χ4v) is 3.30. The molecule has 1 aliphatic heterocycles. The molecule has 1 fully saturated rings. The quantitative estimate of drug-likeness (QED) is 0.803. The van der Waals surface area contributed by atoms with Crippen LogP contribution in [-0.4, -0.2) is 37.0 Å². The van der Waals surface area contributed by atoms with Gasteiger partial charge >= 0.3 is 6.03 Å². The molecule has 1 saturated heterocycles. The zero-order chi connectivity index (χ0) is 19.8. The molecule has 1 aliphatic rings. The monoisotopic (exact) mass is 381 g/mol. The summed E-state index contributed by atoms with van der Waals surface area (Å²) in [4.78, 5) is 26.8. The lowest BCUT2D eigenvalue weighted by atomic mass is 10.1. The lowest BCUT2D eigenvalue weighted by Crippen LogP contribution is -2.37. The molecule has 0 saturated carbocycles. The van der Waals surface area contributed by atoms with Crippen LogP contribution in [0.4, 0.5) is 16.2 Å². The van der Waals surface area contributed by atoms with E-state index in [0.717, 1.165) is 25.9 Å². The Morgan fingerprint density at radius 3 is 2.18 bits per heavy atom. The Bertz CT molecular complexity index is 797. The van der Waals surface area contributed by atoms with Gasteiger partial charge in [-0.3, -0.25) is 4.79 Å². The second kappa shape index (κ2) is 9.78. The van der Waals surface area contributed by atoms with Gasteiger partial charge in [-0.25, -0.2) is 4.79 Å². The van der Waals surface area contributed by atoms with E-state index >= 15 is 0 Å². The average Bonchev–Trinajstić information content (AvgIpc) is 2.68. The maximum atomic E-state index is 12.5. The van der Waals surface area contributed by atoms with E-state index in [2.05, 4.69) is 10.6 Å². The van der Waals surface area contributed by atoms with Crippen molar-refractivity contribution in [3.63, 3.8) is 0 Å². The van der Waals surface area contributed by atoms with Gasteiger partial charge in [-0.05, 0) is 49.2 Å². The summed E-state index contributed by atoms with van der Waals surface area (Å²) in [6, 6.07) is 14.1. The number of nitrogens with one attached hydrogen (secondary N) is 2. The summed E-state index contributed by atoms with van der Waals surface area (Å²) in [6.07, 6.45) is 5.72. The van der Waals surface area contributed by atoms with E-state index < -0.39 is 0 Å². The second-order valence-corrected chi connectivity index (χ2v) is 6.92. The van der Waals surface area contributed by atoms with Crippen molar-refractivity contribution in [1.29, 1.82) is 0 Å². The largest absolute Gasteiger partial charge is 0.495 e. The molecule has 2 aromatic rings. The highest BCUT2D eigenvalue weighted by Gasteiger charge is 2.15. The van der Waals surface area contributed by atoms with Crippen LogP contribution in [0.1, 0.15) is 42.5 Å². The van der Waals surface area contributed by atoms with Gasteiger partial charge in [-0.1, -0.05) is 31.4 Å². The minimum atomic E-state index is -0.230. The molecule has 0 atom stereocenters. The molecule has 0 radical (unpaired) electrons. The zero-order valence-electron chi connectivity index (χ0n) is 16.2. The van der Waals surface area contributed by atoms with Crippen LogP contribution in [0.5, 0.6) is 5.75 Å². The third kappa shape index (κ3) is 5.25. The summed E-state index contributed by atoms with van der Waals surface area (Å²) in [5.41, 5.74) is 1.81. The van der Waals surface area contributed by atoms with Crippen LogP contribution in [0.25, 0.3) is 0 Å². The molecule has 1 heterocycles. The van der Waals surface area contributed by atoms with Crippen LogP contribution in [0, 0.1) is 0 Å². The Hall–Kier alpha value is -3.02. The summed E-state index contributed by atoms with van der Waals surface area (Å²) < 4.78 is 5.25. The van der Waals surface area contributed by atoms with Crippen LogP contribution >= 0.6 is 0 Å². The number of benzene rings is 2. The molecule has 148 valence electrons. The normalized spacial score (nSPS) is 14.5. The SMILES string of the molecule is COc1ccccc1NC(=O)c1ccc(NC(=O)N2CCCCCCC2)cc1. The average molecular weight is 381 g/mol. The maximum Gasteiger partial charge on any atom is 0.321 e. The minimum Gasteiger partial charge on any atom is -0.495 e. The number of carbonyl (C=O) groups is 2. The molecule has 0 aliphatic carbocycles. The lowest BCUT2D eigenvalue weighted by molar-refractivity contribution is 0.102. The van der Waals surface area contributed by atoms with Gasteiger partial charge in [0.25, 0.3) is 5.91 Å². The first-order valence-electron chi connectivity index (χ1n) is 9.78.